The molecule has 0 saturated carbocycles. The maximum atomic E-state index is 11.9. The van der Waals surface area contributed by atoms with Gasteiger partial charge in [-0.15, -0.1) is 0 Å². The van der Waals surface area contributed by atoms with E-state index >= 15 is 0 Å². The van der Waals surface area contributed by atoms with Crippen LogP contribution in [0.2, 0.25) is 0 Å². The van der Waals surface area contributed by atoms with Crippen molar-refractivity contribution in [3.05, 3.63) is 62.6 Å². The van der Waals surface area contributed by atoms with Crippen molar-refractivity contribution in [2.75, 3.05) is 13.2 Å². The number of nitro groups is 1. The molecule has 0 radical (unpaired) electrons. The van der Waals surface area contributed by atoms with Crippen LogP contribution >= 0.6 is 0 Å². The Balaban J connectivity index is 1.77. The monoisotopic (exact) mass is 347 g/mol. The van der Waals surface area contributed by atoms with Crippen molar-refractivity contribution in [1.29, 1.82) is 0 Å². The second-order valence-electron chi connectivity index (χ2n) is 5.20. The highest BCUT2D eigenvalue weighted by molar-refractivity contribution is 5.96. The molecule has 0 spiro atoms. The average molecular weight is 347 g/mol. The maximum Gasteiger partial charge on any atom is 0.293 e. The second kappa shape index (κ2) is 7.95. The van der Waals surface area contributed by atoms with Crippen molar-refractivity contribution < 1.29 is 19.6 Å². The highest BCUT2D eigenvalue weighted by Gasteiger charge is 2.14. The van der Waals surface area contributed by atoms with Crippen LogP contribution in [0.25, 0.3) is 0 Å². The first-order valence-corrected chi connectivity index (χ1v) is 7.44. The maximum absolute atomic E-state index is 11.9. The average Bonchev–Trinajstić information content (AvgIpc) is 2.59. The number of hydrogen-bond donors (Lipinski definition) is 2. The molecule has 1 amide bonds. The van der Waals surface area contributed by atoms with Crippen LogP contribution in [0.1, 0.15) is 16.8 Å². The number of carbonyl (C=O) groups is 1. The van der Waals surface area contributed by atoms with Crippen molar-refractivity contribution in [2.24, 2.45) is 7.05 Å². The van der Waals surface area contributed by atoms with Gasteiger partial charge < -0.3 is 19.7 Å². The van der Waals surface area contributed by atoms with E-state index in [2.05, 4.69) is 5.32 Å². The number of rotatable bonds is 7. The molecule has 2 aromatic rings. The Bertz CT molecular complexity index is 829. The van der Waals surface area contributed by atoms with Crippen LogP contribution < -0.4 is 15.6 Å². The zero-order valence-electron chi connectivity index (χ0n) is 13.5. The molecule has 1 aromatic heterocycles. The molecule has 0 saturated heterocycles. The smallest absolute Gasteiger partial charge is 0.293 e. The summed E-state index contributed by atoms with van der Waals surface area (Å²) >= 11 is 0. The molecule has 2 rings (SSSR count). The Labute approximate surface area is 142 Å². The molecule has 9 nitrogen and oxygen atoms in total. The summed E-state index contributed by atoms with van der Waals surface area (Å²) in [5.74, 6) is -0.656. The molecular weight excluding hydrogens is 330 g/mol. The molecule has 9 heteroatoms. The molecule has 25 heavy (non-hydrogen) atoms. The summed E-state index contributed by atoms with van der Waals surface area (Å²) in [5, 5.41) is 22.8. The SMILES string of the molecule is Cn1ccc(C(=O)NCCCOc2ccc([N+](=O)[O-])cc2)c(O)c1=O. The van der Waals surface area contributed by atoms with Gasteiger partial charge in [0.15, 0.2) is 5.75 Å². The lowest BCUT2D eigenvalue weighted by molar-refractivity contribution is -0.384. The molecule has 0 fully saturated rings. The Kier molecular flexibility index (Phi) is 5.72. The van der Waals surface area contributed by atoms with Gasteiger partial charge in [-0.1, -0.05) is 0 Å². The third kappa shape index (κ3) is 4.56. The number of aromatic nitrogens is 1. The first-order chi connectivity index (χ1) is 11.9. The van der Waals surface area contributed by atoms with Gasteiger partial charge in [0.1, 0.15) is 5.75 Å². The quantitative estimate of drug-likeness (QED) is 0.440. The number of benzene rings is 1. The molecule has 0 atom stereocenters. The summed E-state index contributed by atoms with van der Waals surface area (Å²) in [6, 6.07) is 7.04. The molecule has 0 unspecified atom stereocenters. The fourth-order valence-electron chi connectivity index (χ4n) is 2.02. The van der Waals surface area contributed by atoms with Crippen LogP contribution in [0.3, 0.4) is 0 Å². The van der Waals surface area contributed by atoms with E-state index < -0.39 is 22.1 Å². The van der Waals surface area contributed by atoms with Crippen LogP contribution in [0.5, 0.6) is 11.5 Å². The number of nitro benzene ring substituents is 1. The number of ether oxygens (including phenoxy) is 1. The summed E-state index contributed by atoms with van der Waals surface area (Å²) < 4.78 is 6.58. The molecule has 0 aliphatic carbocycles. The Morgan fingerprint density at radius 1 is 1.32 bits per heavy atom. The number of aromatic hydroxyl groups is 1. The Morgan fingerprint density at radius 3 is 2.64 bits per heavy atom. The number of hydrogen-bond acceptors (Lipinski definition) is 6. The number of carbonyl (C=O) groups excluding carboxylic acids is 1. The summed E-state index contributed by atoms with van der Waals surface area (Å²) in [6.45, 7) is 0.571. The van der Waals surface area contributed by atoms with E-state index in [4.69, 9.17) is 4.74 Å². The van der Waals surface area contributed by atoms with Gasteiger partial charge in [0.05, 0.1) is 17.1 Å². The molecule has 1 aromatic carbocycles. The normalized spacial score (nSPS) is 10.3. The largest absolute Gasteiger partial charge is 0.502 e. The molecule has 132 valence electrons. The molecule has 0 aliphatic rings. The summed E-state index contributed by atoms with van der Waals surface area (Å²) in [7, 11) is 1.47. The van der Waals surface area contributed by atoms with Gasteiger partial charge in [-0.05, 0) is 24.6 Å². The van der Waals surface area contributed by atoms with Crippen LogP contribution in [0.15, 0.2) is 41.3 Å². The number of aryl methyl sites for hydroxylation is 1. The van der Waals surface area contributed by atoms with Crippen molar-refractivity contribution in [3.63, 3.8) is 0 Å². The van der Waals surface area contributed by atoms with E-state index in [1.54, 1.807) is 0 Å². The third-order valence-electron chi connectivity index (χ3n) is 3.41. The minimum absolute atomic E-state index is 0.0200. The molecule has 0 bridgehead atoms. The van der Waals surface area contributed by atoms with Crippen LogP contribution in [0, 0.1) is 10.1 Å². The Hall–Kier alpha value is -3.36. The van der Waals surface area contributed by atoms with E-state index in [-0.39, 0.29) is 17.8 Å². The summed E-state index contributed by atoms with van der Waals surface area (Å²) in [6.07, 6.45) is 1.88. The molecule has 2 N–H and O–H groups in total. The number of non-ortho nitro benzene ring substituents is 1. The minimum Gasteiger partial charge on any atom is -0.502 e. The fourth-order valence-corrected chi connectivity index (χ4v) is 2.02. The van der Waals surface area contributed by atoms with E-state index in [0.717, 1.165) is 0 Å². The van der Waals surface area contributed by atoms with Crippen LogP contribution in [-0.4, -0.2) is 33.7 Å². The fraction of sp³-hybridized carbons (Fsp3) is 0.250. The third-order valence-corrected chi connectivity index (χ3v) is 3.41. The lowest BCUT2D eigenvalue weighted by Crippen LogP contribution is -2.28. The van der Waals surface area contributed by atoms with Gasteiger partial charge in [-0.25, -0.2) is 0 Å². The Morgan fingerprint density at radius 2 is 2.00 bits per heavy atom. The first-order valence-electron chi connectivity index (χ1n) is 7.44. The summed E-state index contributed by atoms with van der Waals surface area (Å²) in [4.78, 5) is 33.6. The number of amides is 1. The number of nitrogens with one attached hydrogen (secondary N) is 1. The van der Waals surface area contributed by atoms with Gasteiger partial charge in [0.25, 0.3) is 17.2 Å². The lowest BCUT2D eigenvalue weighted by atomic mass is 10.2. The molecule has 1 heterocycles. The lowest BCUT2D eigenvalue weighted by Gasteiger charge is -2.08. The van der Waals surface area contributed by atoms with Gasteiger partial charge in [0.2, 0.25) is 0 Å². The van der Waals surface area contributed by atoms with Crippen LogP contribution in [0.4, 0.5) is 5.69 Å². The highest BCUT2D eigenvalue weighted by atomic mass is 16.6. The predicted octanol–water partition coefficient (Wildman–Crippen LogP) is 1.20. The predicted molar refractivity (Wildman–Crippen MR) is 88.9 cm³/mol. The van der Waals surface area contributed by atoms with Crippen LogP contribution in [-0.2, 0) is 7.05 Å². The van der Waals surface area contributed by atoms with Gasteiger partial charge in [-0.2, -0.15) is 0 Å². The topological polar surface area (TPSA) is 124 Å². The van der Waals surface area contributed by atoms with E-state index in [1.165, 1.54) is 48.1 Å². The first kappa shape index (κ1) is 18.0. The second-order valence-corrected chi connectivity index (χ2v) is 5.20. The number of nitrogens with zero attached hydrogens (tertiary/aromatic N) is 2. The van der Waals surface area contributed by atoms with E-state index in [0.29, 0.717) is 18.8 Å². The van der Waals surface area contributed by atoms with E-state index in [9.17, 15) is 24.8 Å². The van der Waals surface area contributed by atoms with Crippen molar-refractivity contribution in [1.82, 2.24) is 9.88 Å². The van der Waals surface area contributed by atoms with Gasteiger partial charge >= 0.3 is 0 Å². The molecule has 0 aliphatic heterocycles. The molecular formula is C16H17N3O6. The van der Waals surface area contributed by atoms with E-state index in [1.807, 2.05) is 0 Å². The van der Waals surface area contributed by atoms with Gasteiger partial charge in [0, 0.05) is 31.9 Å². The minimum atomic E-state index is -0.644. The van der Waals surface area contributed by atoms with Gasteiger partial charge in [-0.3, -0.25) is 19.7 Å². The van der Waals surface area contributed by atoms with Crippen molar-refractivity contribution in [2.45, 2.75) is 6.42 Å². The van der Waals surface area contributed by atoms with Crippen molar-refractivity contribution >= 4 is 11.6 Å². The standard InChI is InChI=1S/C16H17N3O6/c1-18-9-7-13(14(20)16(18)22)15(21)17-8-2-10-25-12-5-3-11(4-6-12)19(23)24/h3-7,9,20H,2,8,10H2,1H3,(H,17,21). The van der Waals surface area contributed by atoms with Crippen molar-refractivity contribution in [3.8, 4) is 11.5 Å². The zero-order valence-corrected chi connectivity index (χ0v) is 13.5. The number of pyridine rings is 1. The highest BCUT2D eigenvalue weighted by Crippen LogP contribution is 2.17. The zero-order chi connectivity index (χ0) is 18.4. The summed E-state index contributed by atoms with van der Waals surface area (Å²) in [5.41, 5.74) is -0.748.